The highest BCUT2D eigenvalue weighted by molar-refractivity contribution is 7.89. The molecule has 6 heteroatoms. The molecule has 114 valence electrons. The molecule has 1 aliphatic carbocycles. The molecule has 0 aromatic heterocycles. The van der Waals surface area contributed by atoms with Gasteiger partial charge in [0.1, 0.15) is 5.82 Å². The molecule has 2 atom stereocenters. The Bertz CT molecular complexity index is 676. The smallest absolute Gasteiger partial charge is 0.240 e. The summed E-state index contributed by atoms with van der Waals surface area (Å²) >= 11 is 0. The Kier molecular flexibility index (Phi) is 4.99. The minimum atomic E-state index is -3.68. The van der Waals surface area contributed by atoms with Crippen molar-refractivity contribution in [1.82, 2.24) is 4.72 Å². The Hall–Kier alpha value is -1.42. The number of hydrogen-bond acceptors (Lipinski definition) is 3. The predicted octanol–water partition coefficient (Wildman–Crippen LogP) is 1.49. The van der Waals surface area contributed by atoms with Gasteiger partial charge in [0.25, 0.3) is 0 Å². The van der Waals surface area contributed by atoms with Crippen LogP contribution in [-0.4, -0.2) is 26.7 Å². The minimum absolute atomic E-state index is 0.0927. The van der Waals surface area contributed by atoms with Crippen LogP contribution >= 0.6 is 0 Å². The average Bonchev–Trinajstić information content (AvgIpc) is 3.14. The van der Waals surface area contributed by atoms with Crippen molar-refractivity contribution in [2.75, 3.05) is 13.2 Å². The molecule has 0 saturated heterocycles. The largest absolute Gasteiger partial charge is 0.395 e. The second-order valence-corrected chi connectivity index (χ2v) is 7.01. The molecule has 2 unspecified atom stereocenters. The van der Waals surface area contributed by atoms with E-state index in [1.165, 1.54) is 12.1 Å². The first-order valence-electron chi connectivity index (χ1n) is 6.83. The van der Waals surface area contributed by atoms with Crippen molar-refractivity contribution in [1.29, 1.82) is 0 Å². The number of rotatable bonds is 5. The summed E-state index contributed by atoms with van der Waals surface area (Å²) in [4.78, 5) is -0.0963. The van der Waals surface area contributed by atoms with Gasteiger partial charge in [-0.25, -0.2) is 17.5 Å². The van der Waals surface area contributed by atoms with Gasteiger partial charge in [-0.2, -0.15) is 0 Å². The van der Waals surface area contributed by atoms with E-state index in [9.17, 15) is 12.8 Å². The van der Waals surface area contributed by atoms with Gasteiger partial charge in [0.15, 0.2) is 0 Å². The maximum Gasteiger partial charge on any atom is 0.240 e. The quantitative estimate of drug-likeness (QED) is 0.810. The van der Waals surface area contributed by atoms with Crippen LogP contribution in [0.1, 0.15) is 25.3 Å². The lowest BCUT2D eigenvalue weighted by atomic mass is 10.2. The minimum Gasteiger partial charge on any atom is -0.395 e. The van der Waals surface area contributed by atoms with Crippen LogP contribution in [0.4, 0.5) is 4.39 Å². The van der Waals surface area contributed by atoms with Gasteiger partial charge in [0, 0.05) is 13.0 Å². The van der Waals surface area contributed by atoms with Crippen molar-refractivity contribution in [3.05, 3.63) is 29.6 Å². The number of halogens is 1. The average molecular weight is 311 g/mol. The molecule has 4 nitrogen and oxygen atoms in total. The topological polar surface area (TPSA) is 66.4 Å². The monoisotopic (exact) mass is 311 g/mol. The van der Waals surface area contributed by atoms with E-state index >= 15 is 0 Å². The number of aliphatic hydroxyl groups excluding tert-OH is 1. The van der Waals surface area contributed by atoms with E-state index in [0.717, 1.165) is 12.5 Å². The maximum absolute atomic E-state index is 13.8. The molecule has 1 aromatic carbocycles. The highest BCUT2D eigenvalue weighted by Crippen LogP contribution is 2.37. The Morgan fingerprint density at radius 2 is 2.19 bits per heavy atom. The molecule has 1 aromatic rings. The molecule has 0 amide bonds. The molecule has 0 heterocycles. The van der Waals surface area contributed by atoms with Crippen LogP contribution in [0.2, 0.25) is 0 Å². The maximum atomic E-state index is 13.8. The Balaban J connectivity index is 2.09. The van der Waals surface area contributed by atoms with Gasteiger partial charge in [-0.1, -0.05) is 18.8 Å². The molecule has 0 radical (unpaired) electrons. The summed E-state index contributed by atoms with van der Waals surface area (Å²) in [5, 5.41) is 8.61. The van der Waals surface area contributed by atoms with Crippen LogP contribution in [0, 0.1) is 29.5 Å². The van der Waals surface area contributed by atoms with E-state index < -0.39 is 15.8 Å². The summed E-state index contributed by atoms with van der Waals surface area (Å²) in [7, 11) is -3.68. The molecule has 1 saturated carbocycles. The number of benzene rings is 1. The van der Waals surface area contributed by atoms with Crippen LogP contribution < -0.4 is 4.72 Å². The summed E-state index contributed by atoms with van der Waals surface area (Å²) in [6, 6.07) is 3.65. The zero-order valence-electron chi connectivity index (χ0n) is 11.8. The fourth-order valence-electron chi connectivity index (χ4n) is 1.96. The molecule has 0 spiro atoms. The lowest BCUT2D eigenvalue weighted by Gasteiger charge is -2.07. The standard InChI is InChI=1S/C15H18FNO3S/c1-11-8-13(11)10-17-21(19,20)14-6-5-12(15(16)9-14)4-2-3-7-18/h5-6,9,11,13,17-18H,3,7-8,10H2,1H3. The van der Waals surface area contributed by atoms with Crippen LogP contribution in [0.25, 0.3) is 0 Å². The van der Waals surface area contributed by atoms with Gasteiger partial charge in [-0.05, 0) is 36.5 Å². The van der Waals surface area contributed by atoms with Gasteiger partial charge < -0.3 is 5.11 Å². The summed E-state index contributed by atoms with van der Waals surface area (Å²) < 4.78 is 40.4. The normalized spacial score (nSPS) is 20.7. The number of sulfonamides is 1. The Morgan fingerprint density at radius 3 is 2.76 bits per heavy atom. The number of nitrogens with one attached hydrogen (secondary N) is 1. The summed E-state index contributed by atoms with van der Waals surface area (Å²) in [5.74, 6) is 5.41. The zero-order valence-corrected chi connectivity index (χ0v) is 12.6. The Morgan fingerprint density at radius 1 is 1.48 bits per heavy atom. The van der Waals surface area contributed by atoms with Gasteiger partial charge in [0.2, 0.25) is 10.0 Å². The summed E-state index contributed by atoms with van der Waals surface area (Å²) in [5.41, 5.74) is 0.123. The zero-order chi connectivity index (χ0) is 15.5. The summed E-state index contributed by atoms with van der Waals surface area (Å²) in [6.45, 7) is 2.37. The van der Waals surface area contributed by atoms with Crippen molar-refractivity contribution in [2.45, 2.75) is 24.7 Å². The van der Waals surface area contributed by atoms with Crippen molar-refractivity contribution >= 4 is 10.0 Å². The molecule has 2 rings (SSSR count). The van der Waals surface area contributed by atoms with E-state index in [4.69, 9.17) is 5.11 Å². The molecule has 0 aliphatic heterocycles. The van der Waals surface area contributed by atoms with E-state index in [2.05, 4.69) is 23.5 Å². The van der Waals surface area contributed by atoms with Crippen molar-refractivity contribution in [3.63, 3.8) is 0 Å². The van der Waals surface area contributed by atoms with Crippen molar-refractivity contribution in [2.24, 2.45) is 11.8 Å². The first-order valence-corrected chi connectivity index (χ1v) is 8.31. The Labute approximate surface area is 124 Å². The molecular weight excluding hydrogens is 293 g/mol. The summed E-state index contributed by atoms with van der Waals surface area (Å²) in [6.07, 6.45) is 1.27. The first-order chi connectivity index (χ1) is 9.94. The second-order valence-electron chi connectivity index (χ2n) is 5.24. The fourth-order valence-corrected chi connectivity index (χ4v) is 3.07. The molecular formula is C15H18FNO3S. The molecule has 0 bridgehead atoms. The van der Waals surface area contributed by atoms with Crippen molar-refractivity contribution < 1.29 is 17.9 Å². The number of hydrogen-bond donors (Lipinski definition) is 2. The van der Waals surface area contributed by atoms with E-state index in [0.29, 0.717) is 18.4 Å². The molecule has 21 heavy (non-hydrogen) atoms. The van der Waals surface area contributed by atoms with Crippen LogP contribution in [0.15, 0.2) is 23.1 Å². The van der Waals surface area contributed by atoms with E-state index in [-0.39, 0.29) is 23.5 Å². The third kappa shape index (κ3) is 4.27. The van der Waals surface area contributed by atoms with Crippen LogP contribution in [0.3, 0.4) is 0 Å². The highest BCUT2D eigenvalue weighted by Gasteiger charge is 2.33. The van der Waals surface area contributed by atoms with Gasteiger partial charge >= 0.3 is 0 Å². The molecule has 1 aliphatic rings. The molecule has 1 fully saturated rings. The van der Waals surface area contributed by atoms with Gasteiger partial charge in [0.05, 0.1) is 17.1 Å². The number of aliphatic hydroxyl groups is 1. The van der Waals surface area contributed by atoms with Gasteiger partial charge in [-0.3, -0.25) is 0 Å². The second kappa shape index (κ2) is 6.56. The first kappa shape index (κ1) is 16.0. The third-order valence-electron chi connectivity index (χ3n) is 3.52. The lowest BCUT2D eigenvalue weighted by molar-refractivity contribution is 0.305. The lowest BCUT2D eigenvalue weighted by Crippen LogP contribution is -2.26. The SMILES string of the molecule is CC1CC1CNS(=O)(=O)c1ccc(C#CCCO)c(F)c1. The van der Waals surface area contributed by atoms with E-state index in [1.807, 2.05) is 0 Å². The molecule has 2 N–H and O–H groups in total. The van der Waals surface area contributed by atoms with Crippen molar-refractivity contribution in [3.8, 4) is 11.8 Å². The third-order valence-corrected chi connectivity index (χ3v) is 4.94. The van der Waals surface area contributed by atoms with Crippen LogP contribution in [-0.2, 0) is 10.0 Å². The van der Waals surface area contributed by atoms with Gasteiger partial charge in [-0.15, -0.1) is 0 Å². The fraction of sp³-hybridized carbons (Fsp3) is 0.467. The van der Waals surface area contributed by atoms with Crippen LogP contribution in [0.5, 0.6) is 0 Å². The van der Waals surface area contributed by atoms with E-state index in [1.54, 1.807) is 0 Å². The highest BCUT2D eigenvalue weighted by atomic mass is 32.2. The predicted molar refractivity (Wildman–Crippen MR) is 77.4 cm³/mol.